The zero-order valence-electron chi connectivity index (χ0n) is 10.7. The largest absolute Gasteiger partial charge is 0.387 e. The van der Waals surface area contributed by atoms with Gasteiger partial charge in [0, 0.05) is 19.6 Å². The quantitative estimate of drug-likeness (QED) is 0.888. The first-order chi connectivity index (χ1) is 8.43. The van der Waals surface area contributed by atoms with Gasteiger partial charge in [-0.3, -0.25) is 4.90 Å². The lowest BCUT2D eigenvalue weighted by atomic mass is 9.83. The molecule has 1 N–H and O–H groups in total. The molecule has 0 amide bonds. The van der Waals surface area contributed by atoms with Gasteiger partial charge in [0.25, 0.3) is 0 Å². The summed E-state index contributed by atoms with van der Waals surface area (Å²) in [5.74, 6) is -0.167. The molecule has 0 saturated carbocycles. The molecule has 1 saturated heterocycles. The smallest absolute Gasteiger partial charge is 0.124 e. The third-order valence-electron chi connectivity index (χ3n) is 3.56. The van der Waals surface area contributed by atoms with Crippen LogP contribution in [0, 0.1) is 23.1 Å². The van der Waals surface area contributed by atoms with Crippen molar-refractivity contribution in [3.8, 4) is 6.07 Å². The highest BCUT2D eigenvalue weighted by Crippen LogP contribution is 2.29. The molecule has 0 spiro atoms. The van der Waals surface area contributed by atoms with Gasteiger partial charge in [-0.2, -0.15) is 5.26 Å². The molecule has 0 unspecified atom stereocenters. The van der Waals surface area contributed by atoms with Crippen LogP contribution in [0.5, 0.6) is 0 Å². The predicted molar refractivity (Wildman–Crippen MR) is 66.2 cm³/mol. The van der Waals surface area contributed by atoms with E-state index in [4.69, 9.17) is 5.26 Å². The van der Waals surface area contributed by atoms with Crippen LogP contribution >= 0.6 is 0 Å². The SMILES string of the molecule is CC(C)C1(O)CN(Cc2cc(F)cc(C#N)c2)C1. The molecule has 1 heterocycles. The second kappa shape index (κ2) is 4.68. The van der Waals surface area contributed by atoms with Crippen LogP contribution in [-0.4, -0.2) is 28.7 Å². The standard InChI is InChI=1S/C14H17FN2O/c1-10(2)14(18)8-17(9-14)7-12-3-11(6-16)4-13(15)5-12/h3-5,10,18H,7-9H2,1-2H3. The van der Waals surface area contributed by atoms with Crippen molar-refractivity contribution in [1.82, 2.24) is 4.90 Å². The van der Waals surface area contributed by atoms with E-state index in [2.05, 4.69) is 4.90 Å². The zero-order chi connectivity index (χ0) is 13.3. The number of nitrogens with zero attached hydrogens (tertiary/aromatic N) is 2. The molecule has 2 rings (SSSR count). The minimum atomic E-state index is -0.620. The highest BCUT2D eigenvalue weighted by Gasteiger charge is 2.43. The van der Waals surface area contributed by atoms with Gasteiger partial charge in [-0.1, -0.05) is 13.8 Å². The number of nitriles is 1. The summed E-state index contributed by atoms with van der Waals surface area (Å²) >= 11 is 0. The van der Waals surface area contributed by atoms with E-state index in [0.29, 0.717) is 25.2 Å². The minimum absolute atomic E-state index is 0.218. The molecule has 0 atom stereocenters. The summed E-state index contributed by atoms with van der Waals surface area (Å²) in [4.78, 5) is 2.05. The van der Waals surface area contributed by atoms with Crippen molar-refractivity contribution in [2.45, 2.75) is 26.0 Å². The molecule has 1 aliphatic rings. The van der Waals surface area contributed by atoms with Gasteiger partial charge in [-0.05, 0) is 29.7 Å². The first kappa shape index (κ1) is 13.0. The van der Waals surface area contributed by atoms with Gasteiger partial charge in [0.05, 0.1) is 17.2 Å². The number of β-amino-alcohol motifs (C(OH)–C–C–N with tert-alkyl or cyclic N) is 1. The maximum absolute atomic E-state index is 13.2. The summed E-state index contributed by atoms with van der Waals surface area (Å²) < 4.78 is 13.2. The van der Waals surface area contributed by atoms with E-state index < -0.39 is 5.60 Å². The van der Waals surface area contributed by atoms with Crippen LogP contribution in [0.15, 0.2) is 18.2 Å². The van der Waals surface area contributed by atoms with Gasteiger partial charge in [0.2, 0.25) is 0 Å². The maximum atomic E-state index is 13.2. The maximum Gasteiger partial charge on any atom is 0.124 e. The highest BCUT2D eigenvalue weighted by molar-refractivity contribution is 5.33. The normalized spacial score (nSPS) is 18.4. The third-order valence-corrected chi connectivity index (χ3v) is 3.56. The Labute approximate surface area is 106 Å². The number of halogens is 1. The number of hydrogen-bond donors (Lipinski definition) is 1. The predicted octanol–water partition coefficient (Wildman–Crippen LogP) is 1.90. The monoisotopic (exact) mass is 248 g/mol. The molecule has 18 heavy (non-hydrogen) atoms. The van der Waals surface area contributed by atoms with Crippen molar-refractivity contribution in [1.29, 1.82) is 5.26 Å². The van der Waals surface area contributed by atoms with E-state index in [9.17, 15) is 9.50 Å². The van der Waals surface area contributed by atoms with Crippen molar-refractivity contribution in [2.75, 3.05) is 13.1 Å². The highest BCUT2D eigenvalue weighted by atomic mass is 19.1. The third kappa shape index (κ3) is 2.53. The van der Waals surface area contributed by atoms with Crippen LogP contribution in [0.25, 0.3) is 0 Å². The molecular weight excluding hydrogens is 231 g/mol. The molecule has 1 aliphatic heterocycles. The van der Waals surface area contributed by atoms with E-state index in [0.717, 1.165) is 5.56 Å². The molecule has 96 valence electrons. The number of rotatable bonds is 3. The molecular formula is C14H17FN2O. The van der Waals surface area contributed by atoms with Crippen molar-refractivity contribution < 1.29 is 9.50 Å². The fraction of sp³-hybridized carbons (Fsp3) is 0.500. The van der Waals surface area contributed by atoms with E-state index in [1.54, 1.807) is 6.07 Å². The molecule has 1 aromatic carbocycles. The second-order valence-corrected chi connectivity index (χ2v) is 5.36. The topological polar surface area (TPSA) is 47.3 Å². The number of likely N-dealkylation sites (tertiary alicyclic amines) is 1. The van der Waals surface area contributed by atoms with E-state index in [1.165, 1.54) is 12.1 Å². The average molecular weight is 248 g/mol. The second-order valence-electron chi connectivity index (χ2n) is 5.36. The summed E-state index contributed by atoms with van der Waals surface area (Å²) in [5, 5.41) is 18.9. The Bertz CT molecular complexity index is 487. The first-order valence-corrected chi connectivity index (χ1v) is 6.07. The van der Waals surface area contributed by atoms with Gasteiger partial charge in [0.1, 0.15) is 5.82 Å². The summed E-state index contributed by atoms with van der Waals surface area (Å²) in [5.41, 5.74) is 0.493. The van der Waals surface area contributed by atoms with Crippen molar-refractivity contribution in [3.63, 3.8) is 0 Å². The fourth-order valence-corrected chi connectivity index (χ4v) is 2.27. The number of benzene rings is 1. The van der Waals surface area contributed by atoms with Crippen LogP contribution in [0.1, 0.15) is 25.0 Å². The molecule has 0 bridgehead atoms. The van der Waals surface area contributed by atoms with Gasteiger partial charge < -0.3 is 5.11 Å². The molecule has 3 nitrogen and oxygen atoms in total. The summed E-state index contributed by atoms with van der Waals surface area (Å²) in [6, 6.07) is 6.30. The summed E-state index contributed by atoms with van der Waals surface area (Å²) in [6.07, 6.45) is 0. The molecule has 4 heteroatoms. The summed E-state index contributed by atoms with van der Waals surface area (Å²) in [7, 11) is 0. The Kier molecular flexibility index (Phi) is 3.38. The minimum Gasteiger partial charge on any atom is -0.387 e. The molecule has 0 radical (unpaired) electrons. The molecule has 0 aliphatic carbocycles. The van der Waals surface area contributed by atoms with Crippen molar-refractivity contribution >= 4 is 0 Å². The Morgan fingerprint density at radius 3 is 2.67 bits per heavy atom. The lowest BCUT2D eigenvalue weighted by molar-refractivity contribution is -0.130. The van der Waals surface area contributed by atoms with Gasteiger partial charge in [-0.15, -0.1) is 0 Å². The Morgan fingerprint density at radius 2 is 2.11 bits per heavy atom. The fourth-order valence-electron chi connectivity index (χ4n) is 2.27. The van der Waals surface area contributed by atoms with Crippen molar-refractivity contribution in [2.24, 2.45) is 5.92 Å². The van der Waals surface area contributed by atoms with Crippen LogP contribution in [0.4, 0.5) is 4.39 Å². The molecule has 1 fully saturated rings. The van der Waals surface area contributed by atoms with Gasteiger partial charge in [0.15, 0.2) is 0 Å². The Morgan fingerprint density at radius 1 is 1.44 bits per heavy atom. The lowest BCUT2D eigenvalue weighted by Gasteiger charge is -2.49. The van der Waals surface area contributed by atoms with Crippen LogP contribution in [0.3, 0.4) is 0 Å². The number of aliphatic hydroxyl groups is 1. The first-order valence-electron chi connectivity index (χ1n) is 6.07. The van der Waals surface area contributed by atoms with Crippen molar-refractivity contribution in [3.05, 3.63) is 35.1 Å². The summed E-state index contributed by atoms with van der Waals surface area (Å²) in [6.45, 7) is 5.76. The van der Waals surface area contributed by atoms with Crippen LogP contribution in [-0.2, 0) is 6.54 Å². The van der Waals surface area contributed by atoms with Gasteiger partial charge >= 0.3 is 0 Å². The van der Waals surface area contributed by atoms with Crippen LogP contribution in [0.2, 0.25) is 0 Å². The van der Waals surface area contributed by atoms with E-state index in [1.807, 2.05) is 19.9 Å². The Balaban J connectivity index is 2.01. The van der Waals surface area contributed by atoms with E-state index >= 15 is 0 Å². The lowest BCUT2D eigenvalue weighted by Crippen LogP contribution is -2.63. The Hall–Kier alpha value is -1.44. The molecule has 1 aromatic rings. The zero-order valence-corrected chi connectivity index (χ0v) is 10.7. The molecule has 0 aromatic heterocycles. The number of hydrogen-bond acceptors (Lipinski definition) is 3. The van der Waals surface area contributed by atoms with E-state index in [-0.39, 0.29) is 11.7 Å². The van der Waals surface area contributed by atoms with Gasteiger partial charge in [-0.25, -0.2) is 4.39 Å². The average Bonchev–Trinajstić information content (AvgIpc) is 2.25. The van der Waals surface area contributed by atoms with Crippen LogP contribution < -0.4 is 0 Å².